The van der Waals surface area contributed by atoms with Crippen molar-refractivity contribution >= 4 is 18.0 Å². The Balaban J connectivity index is 2.11. The molecule has 0 aromatic heterocycles. The molecular weight excluding hydrogens is 300 g/mol. The maximum Gasteiger partial charge on any atom is 0.338 e. The molecule has 0 saturated heterocycles. The summed E-state index contributed by atoms with van der Waals surface area (Å²) in [5, 5.41) is 0. The van der Waals surface area contributed by atoms with E-state index in [1.165, 1.54) is 5.56 Å². The van der Waals surface area contributed by atoms with E-state index < -0.39 is 0 Å². The van der Waals surface area contributed by atoms with Crippen molar-refractivity contribution in [2.45, 2.75) is 27.4 Å². The van der Waals surface area contributed by atoms with E-state index in [9.17, 15) is 4.79 Å². The SMILES string of the molecule is Cc1ccc(COC(=O)c2cc(C)c(N=CN(C)C)cc2C)cc1. The molecule has 0 aliphatic heterocycles. The molecule has 126 valence electrons. The van der Waals surface area contributed by atoms with E-state index in [1.54, 1.807) is 6.34 Å². The second-order valence-electron chi connectivity index (χ2n) is 6.22. The summed E-state index contributed by atoms with van der Waals surface area (Å²) in [6.45, 7) is 6.15. The molecule has 0 radical (unpaired) electrons. The summed E-state index contributed by atoms with van der Waals surface area (Å²) in [4.78, 5) is 18.7. The molecule has 0 bridgehead atoms. The molecule has 2 aromatic carbocycles. The Labute approximate surface area is 143 Å². The molecule has 2 rings (SSSR count). The molecule has 0 saturated carbocycles. The van der Waals surface area contributed by atoms with Crippen molar-refractivity contribution in [1.82, 2.24) is 4.90 Å². The summed E-state index contributed by atoms with van der Waals surface area (Å²) in [7, 11) is 3.84. The number of aliphatic imine (C=N–C) groups is 1. The predicted octanol–water partition coefficient (Wildman–Crippen LogP) is 4.19. The van der Waals surface area contributed by atoms with Gasteiger partial charge in [-0.3, -0.25) is 0 Å². The quantitative estimate of drug-likeness (QED) is 0.470. The van der Waals surface area contributed by atoms with Gasteiger partial charge < -0.3 is 9.64 Å². The third-order valence-corrected chi connectivity index (χ3v) is 3.68. The van der Waals surface area contributed by atoms with Crippen LogP contribution in [0.1, 0.15) is 32.6 Å². The van der Waals surface area contributed by atoms with E-state index >= 15 is 0 Å². The van der Waals surface area contributed by atoms with Crippen molar-refractivity contribution in [3.63, 3.8) is 0 Å². The predicted molar refractivity (Wildman–Crippen MR) is 98.1 cm³/mol. The van der Waals surface area contributed by atoms with E-state index in [-0.39, 0.29) is 12.6 Å². The number of aryl methyl sites for hydroxylation is 3. The number of benzene rings is 2. The molecule has 0 aliphatic carbocycles. The number of hydrogen-bond donors (Lipinski definition) is 0. The lowest BCUT2D eigenvalue weighted by Gasteiger charge is -2.11. The Morgan fingerprint density at radius 1 is 1.08 bits per heavy atom. The maximum absolute atomic E-state index is 12.4. The van der Waals surface area contributed by atoms with Crippen LogP contribution in [0.5, 0.6) is 0 Å². The van der Waals surface area contributed by atoms with Crippen molar-refractivity contribution in [2.75, 3.05) is 14.1 Å². The first-order valence-corrected chi connectivity index (χ1v) is 7.91. The molecule has 0 unspecified atom stereocenters. The topological polar surface area (TPSA) is 41.9 Å². The van der Waals surface area contributed by atoms with E-state index in [0.29, 0.717) is 5.56 Å². The highest BCUT2D eigenvalue weighted by Crippen LogP contribution is 2.24. The average molecular weight is 324 g/mol. The lowest BCUT2D eigenvalue weighted by atomic mass is 10.0. The van der Waals surface area contributed by atoms with Gasteiger partial charge in [0, 0.05) is 14.1 Å². The molecule has 0 spiro atoms. The van der Waals surface area contributed by atoms with Crippen LogP contribution in [-0.2, 0) is 11.3 Å². The van der Waals surface area contributed by atoms with E-state index in [2.05, 4.69) is 4.99 Å². The van der Waals surface area contributed by atoms with Crippen LogP contribution in [0.4, 0.5) is 5.69 Å². The fourth-order valence-electron chi connectivity index (χ4n) is 2.25. The smallest absolute Gasteiger partial charge is 0.338 e. The van der Waals surface area contributed by atoms with Gasteiger partial charge in [0.05, 0.1) is 17.6 Å². The zero-order valence-electron chi connectivity index (χ0n) is 15.0. The Hall–Kier alpha value is -2.62. The summed E-state index contributed by atoms with van der Waals surface area (Å²) < 4.78 is 5.44. The monoisotopic (exact) mass is 324 g/mol. The molecule has 0 heterocycles. The fraction of sp³-hybridized carbons (Fsp3) is 0.300. The van der Waals surface area contributed by atoms with Crippen molar-refractivity contribution in [1.29, 1.82) is 0 Å². The Morgan fingerprint density at radius 2 is 1.75 bits per heavy atom. The number of rotatable bonds is 5. The number of hydrogen-bond acceptors (Lipinski definition) is 3. The highest BCUT2D eigenvalue weighted by Gasteiger charge is 2.13. The van der Waals surface area contributed by atoms with Crippen LogP contribution in [0.3, 0.4) is 0 Å². The number of nitrogens with zero attached hydrogens (tertiary/aromatic N) is 2. The molecule has 0 aliphatic rings. The first kappa shape index (κ1) is 17.7. The van der Waals surface area contributed by atoms with Crippen molar-refractivity contribution in [3.8, 4) is 0 Å². The first-order chi connectivity index (χ1) is 11.4. The van der Waals surface area contributed by atoms with Crippen LogP contribution >= 0.6 is 0 Å². The highest BCUT2D eigenvalue weighted by molar-refractivity contribution is 5.92. The molecular formula is C20H24N2O2. The van der Waals surface area contributed by atoms with Crippen molar-refractivity contribution in [2.24, 2.45) is 4.99 Å². The first-order valence-electron chi connectivity index (χ1n) is 7.91. The van der Waals surface area contributed by atoms with Crippen LogP contribution in [-0.4, -0.2) is 31.3 Å². The lowest BCUT2D eigenvalue weighted by molar-refractivity contribution is 0.0472. The minimum atomic E-state index is -0.306. The highest BCUT2D eigenvalue weighted by atomic mass is 16.5. The summed E-state index contributed by atoms with van der Waals surface area (Å²) in [6.07, 6.45) is 1.75. The molecule has 0 N–H and O–H groups in total. The molecule has 0 fully saturated rings. The van der Waals surface area contributed by atoms with Gasteiger partial charge in [-0.15, -0.1) is 0 Å². The lowest BCUT2D eigenvalue weighted by Crippen LogP contribution is -2.08. The molecule has 24 heavy (non-hydrogen) atoms. The summed E-state index contributed by atoms with van der Waals surface area (Å²) >= 11 is 0. The molecule has 0 atom stereocenters. The van der Waals surface area contributed by atoms with Crippen LogP contribution in [0.25, 0.3) is 0 Å². The van der Waals surface area contributed by atoms with Gasteiger partial charge >= 0.3 is 5.97 Å². The number of carbonyl (C=O) groups is 1. The summed E-state index contributed by atoms with van der Waals surface area (Å²) in [5.74, 6) is -0.306. The van der Waals surface area contributed by atoms with Crippen LogP contribution in [0, 0.1) is 20.8 Å². The number of carbonyl (C=O) groups excluding carboxylic acids is 1. The Morgan fingerprint density at radius 3 is 2.38 bits per heavy atom. The van der Waals surface area contributed by atoms with Crippen molar-refractivity contribution < 1.29 is 9.53 Å². The standard InChI is InChI=1S/C20H24N2O2/c1-14-6-8-17(9-7-14)12-24-20(23)18-10-16(3)19(11-15(18)2)21-13-22(4)5/h6-11,13H,12H2,1-5H3. The van der Waals surface area contributed by atoms with Crippen LogP contribution in [0.2, 0.25) is 0 Å². The van der Waals surface area contributed by atoms with Gasteiger partial charge in [-0.1, -0.05) is 29.8 Å². The normalized spacial score (nSPS) is 10.9. The minimum absolute atomic E-state index is 0.276. The number of esters is 1. The average Bonchev–Trinajstić information content (AvgIpc) is 2.54. The molecule has 4 heteroatoms. The zero-order chi connectivity index (χ0) is 17.7. The summed E-state index contributed by atoms with van der Waals surface area (Å²) in [6, 6.07) is 11.7. The fourth-order valence-corrected chi connectivity index (χ4v) is 2.25. The van der Waals surface area contributed by atoms with Gasteiger partial charge in [0.2, 0.25) is 0 Å². The van der Waals surface area contributed by atoms with Crippen LogP contribution < -0.4 is 0 Å². The Bertz CT molecular complexity index is 747. The van der Waals surface area contributed by atoms with Gasteiger partial charge in [-0.2, -0.15) is 0 Å². The van der Waals surface area contributed by atoms with Gasteiger partial charge in [0.25, 0.3) is 0 Å². The Kier molecular flexibility index (Phi) is 5.74. The third kappa shape index (κ3) is 4.69. The summed E-state index contributed by atoms with van der Waals surface area (Å²) in [5.41, 5.74) is 5.42. The number of ether oxygens (including phenoxy) is 1. The zero-order valence-corrected chi connectivity index (χ0v) is 15.0. The second kappa shape index (κ2) is 7.77. The van der Waals surface area contributed by atoms with E-state index in [1.807, 2.05) is 76.2 Å². The van der Waals surface area contributed by atoms with Gasteiger partial charge in [-0.05, 0) is 49.6 Å². The van der Waals surface area contributed by atoms with Crippen molar-refractivity contribution in [3.05, 3.63) is 64.2 Å². The maximum atomic E-state index is 12.4. The van der Waals surface area contributed by atoms with Gasteiger partial charge in [-0.25, -0.2) is 9.79 Å². The van der Waals surface area contributed by atoms with E-state index in [4.69, 9.17) is 4.74 Å². The third-order valence-electron chi connectivity index (χ3n) is 3.68. The second-order valence-corrected chi connectivity index (χ2v) is 6.22. The molecule has 4 nitrogen and oxygen atoms in total. The van der Waals surface area contributed by atoms with E-state index in [0.717, 1.165) is 22.4 Å². The molecule has 0 amide bonds. The molecule has 2 aromatic rings. The van der Waals surface area contributed by atoms with Crippen LogP contribution in [0.15, 0.2) is 41.4 Å². The largest absolute Gasteiger partial charge is 0.457 e. The van der Waals surface area contributed by atoms with Gasteiger partial charge in [0.1, 0.15) is 6.61 Å². The minimum Gasteiger partial charge on any atom is -0.457 e. The van der Waals surface area contributed by atoms with Gasteiger partial charge in [0.15, 0.2) is 0 Å².